The number of halogens is 4. The van der Waals surface area contributed by atoms with Crippen molar-refractivity contribution in [1.29, 1.82) is 0 Å². The summed E-state index contributed by atoms with van der Waals surface area (Å²) >= 11 is 0. The second kappa shape index (κ2) is 4.40. The van der Waals surface area contributed by atoms with Gasteiger partial charge in [0.05, 0.1) is 11.1 Å². The normalized spacial score (nSPS) is 11.8. The van der Waals surface area contributed by atoms with E-state index in [1.807, 2.05) is 0 Å². The number of aryl methyl sites for hydroxylation is 1. The second-order valence-electron chi connectivity index (χ2n) is 3.65. The van der Waals surface area contributed by atoms with E-state index in [1.54, 1.807) is 6.92 Å². The zero-order valence-corrected chi connectivity index (χ0v) is 9.35. The molecule has 0 atom stereocenters. The van der Waals surface area contributed by atoms with E-state index >= 15 is 0 Å². The molecule has 1 aromatic carbocycles. The lowest BCUT2D eigenvalue weighted by atomic mass is 10.1. The minimum absolute atomic E-state index is 0.0737. The highest BCUT2D eigenvalue weighted by Gasteiger charge is 2.31. The van der Waals surface area contributed by atoms with E-state index in [2.05, 4.69) is 15.2 Å². The summed E-state index contributed by atoms with van der Waals surface area (Å²) in [5.41, 5.74) is -1.19. The molecule has 0 bridgehead atoms. The molecule has 0 saturated carbocycles. The Kier molecular flexibility index (Phi) is 3.06. The molecule has 1 heterocycles. The Morgan fingerprint density at radius 1 is 1.28 bits per heavy atom. The predicted molar refractivity (Wildman–Crippen MR) is 56.2 cm³/mol. The van der Waals surface area contributed by atoms with Gasteiger partial charge < -0.3 is 0 Å². The lowest BCUT2D eigenvalue weighted by Crippen LogP contribution is -2.05. The maximum atomic E-state index is 13.5. The van der Waals surface area contributed by atoms with E-state index in [0.29, 0.717) is 24.4 Å². The molecule has 96 valence electrons. The largest absolute Gasteiger partial charge is 0.416 e. The van der Waals surface area contributed by atoms with Crippen molar-refractivity contribution in [3.05, 3.63) is 35.4 Å². The van der Waals surface area contributed by atoms with Crippen LogP contribution in [0.3, 0.4) is 0 Å². The Morgan fingerprint density at radius 2 is 2.00 bits per heavy atom. The number of benzene rings is 1. The summed E-state index contributed by atoms with van der Waals surface area (Å²) in [6.07, 6.45) is -3.99. The zero-order valence-electron chi connectivity index (χ0n) is 9.35. The summed E-state index contributed by atoms with van der Waals surface area (Å²) < 4.78 is 51.0. The minimum atomic E-state index is -4.52. The van der Waals surface area contributed by atoms with Gasteiger partial charge in [0.2, 0.25) is 0 Å². The van der Waals surface area contributed by atoms with E-state index < -0.39 is 17.6 Å². The van der Waals surface area contributed by atoms with Crippen LogP contribution in [0.5, 0.6) is 0 Å². The van der Waals surface area contributed by atoms with E-state index in [4.69, 9.17) is 0 Å². The van der Waals surface area contributed by atoms with Crippen molar-refractivity contribution in [3.8, 4) is 11.4 Å². The Labute approximate surface area is 99.9 Å². The van der Waals surface area contributed by atoms with Crippen LogP contribution in [0.1, 0.15) is 18.3 Å². The van der Waals surface area contributed by atoms with Gasteiger partial charge in [-0.1, -0.05) is 6.92 Å². The van der Waals surface area contributed by atoms with Gasteiger partial charge >= 0.3 is 6.18 Å². The first-order valence-corrected chi connectivity index (χ1v) is 5.20. The summed E-state index contributed by atoms with van der Waals surface area (Å²) in [5, 5.41) is 6.23. The highest BCUT2D eigenvalue weighted by Crippen LogP contribution is 2.32. The average Bonchev–Trinajstić information content (AvgIpc) is 2.76. The third kappa shape index (κ3) is 2.34. The van der Waals surface area contributed by atoms with Crippen molar-refractivity contribution in [3.63, 3.8) is 0 Å². The fraction of sp³-hybridized carbons (Fsp3) is 0.273. The van der Waals surface area contributed by atoms with Gasteiger partial charge in [-0.2, -0.15) is 18.3 Å². The molecule has 2 aromatic rings. The van der Waals surface area contributed by atoms with Gasteiger partial charge in [0, 0.05) is 6.42 Å². The van der Waals surface area contributed by atoms with Crippen LogP contribution in [0.4, 0.5) is 17.6 Å². The maximum Gasteiger partial charge on any atom is 0.416 e. The molecule has 18 heavy (non-hydrogen) atoms. The van der Waals surface area contributed by atoms with Gasteiger partial charge in [-0.3, -0.25) is 5.10 Å². The smallest absolute Gasteiger partial charge is 0.263 e. The third-order valence-corrected chi connectivity index (χ3v) is 2.40. The average molecular weight is 259 g/mol. The highest BCUT2D eigenvalue weighted by molar-refractivity contribution is 5.57. The van der Waals surface area contributed by atoms with Crippen LogP contribution in [0.25, 0.3) is 11.4 Å². The van der Waals surface area contributed by atoms with E-state index in [0.717, 1.165) is 6.07 Å². The monoisotopic (exact) mass is 259 g/mol. The van der Waals surface area contributed by atoms with Gasteiger partial charge in [0.25, 0.3) is 0 Å². The number of H-pyrrole nitrogens is 1. The summed E-state index contributed by atoms with van der Waals surface area (Å²) in [4.78, 5) is 3.91. The van der Waals surface area contributed by atoms with Gasteiger partial charge in [0.15, 0.2) is 5.82 Å². The number of nitrogens with one attached hydrogen (secondary N) is 1. The third-order valence-electron chi connectivity index (χ3n) is 2.40. The molecule has 1 N–H and O–H groups in total. The molecule has 2 rings (SSSR count). The van der Waals surface area contributed by atoms with Gasteiger partial charge in [-0.25, -0.2) is 9.37 Å². The highest BCUT2D eigenvalue weighted by atomic mass is 19.4. The number of hydrogen-bond donors (Lipinski definition) is 1. The summed E-state index contributed by atoms with van der Waals surface area (Å²) in [6.45, 7) is 1.80. The maximum absolute atomic E-state index is 13.5. The van der Waals surface area contributed by atoms with Crippen LogP contribution in [-0.2, 0) is 12.6 Å². The molecular weight excluding hydrogens is 250 g/mol. The molecular formula is C11H9F4N3. The Bertz CT molecular complexity index is 560. The Morgan fingerprint density at radius 3 is 2.56 bits per heavy atom. The van der Waals surface area contributed by atoms with Crippen LogP contribution in [0.15, 0.2) is 18.2 Å². The molecule has 0 spiro atoms. The van der Waals surface area contributed by atoms with Crippen molar-refractivity contribution < 1.29 is 17.6 Å². The fourth-order valence-electron chi connectivity index (χ4n) is 1.45. The molecule has 0 radical (unpaired) electrons. The number of aromatic nitrogens is 3. The molecule has 7 heteroatoms. The van der Waals surface area contributed by atoms with Crippen molar-refractivity contribution in [2.24, 2.45) is 0 Å². The first kappa shape index (κ1) is 12.5. The molecule has 0 aliphatic rings. The summed E-state index contributed by atoms with van der Waals surface area (Å²) in [5.74, 6) is -0.373. The predicted octanol–water partition coefficient (Wildman–Crippen LogP) is 3.19. The van der Waals surface area contributed by atoms with Crippen LogP contribution < -0.4 is 0 Å². The van der Waals surface area contributed by atoms with Crippen molar-refractivity contribution in [1.82, 2.24) is 15.2 Å². The Balaban J connectivity index is 2.49. The fourth-order valence-corrected chi connectivity index (χ4v) is 1.45. The Hall–Kier alpha value is -1.92. The first-order chi connectivity index (χ1) is 8.41. The van der Waals surface area contributed by atoms with Crippen molar-refractivity contribution in [2.75, 3.05) is 0 Å². The van der Waals surface area contributed by atoms with Crippen LogP contribution in [0.2, 0.25) is 0 Å². The number of alkyl halides is 3. The lowest BCUT2D eigenvalue weighted by Gasteiger charge is -2.07. The molecule has 0 aliphatic carbocycles. The van der Waals surface area contributed by atoms with Crippen LogP contribution in [0, 0.1) is 5.82 Å². The van der Waals surface area contributed by atoms with Gasteiger partial charge in [-0.15, -0.1) is 0 Å². The molecule has 0 saturated heterocycles. The molecule has 0 unspecified atom stereocenters. The number of aromatic amines is 1. The molecule has 0 fully saturated rings. The molecule has 0 amide bonds. The molecule has 0 aliphatic heterocycles. The number of rotatable bonds is 2. The molecule has 3 nitrogen and oxygen atoms in total. The number of hydrogen-bond acceptors (Lipinski definition) is 2. The van der Waals surface area contributed by atoms with E-state index in [1.165, 1.54) is 0 Å². The van der Waals surface area contributed by atoms with Crippen LogP contribution in [-0.4, -0.2) is 15.2 Å². The van der Waals surface area contributed by atoms with Gasteiger partial charge in [-0.05, 0) is 18.2 Å². The zero-order chi connectivity index (χ0) is 13.3. The standard InChI is InChI=1S/C11H9F4N3/c1-2-9-16-10(18-17-9)7-5-6(11(13,14)15)3-4-8(7)12/h3-5H,2H2,1H3,(H,16,17,18). The number of nitrogens with zero attached hydrogens (tertiary/aromatic N) is 2. The SMILES string of the molecule is CCc1nc(-c2cc(C(F)(F)F)ccc2F)n[nH]1. The first-order valence-electron chi connectivity index (χ1n) is 5.20. The van der Waals surface area contributed by atoms with Crippen molar-refractivity contribution in [2.45, 2.75) is 19.5 Å². The van der Waals surface area contributed by atoms with E-state index in [-0.39, 0.29) is 11.4 Å². The van der Waals surface area contributed by atoms with E-state index in [9.17, 15) is 17.6 Å². The lowest BCUT2D eigenvalue weighted by molar-refractivity contribution is -0.137. The molecule has 1 aromatic heterocycles. The topological polar surface area (TPSA) is 41.6 Å². The van der Waals surface area contributed by atoms with Crippen molar-refractivity contribution >= 4 is 0 Å². The van der Waals surface area contributed by atoms with Crippen LogP contribution >= 0.6 is 0 Å². The quantitative estimate of drug-likeness (QED) is 0.841. The summed E-state index contributed by atoms with van der Waals surface area (Å²) in [6, 6.07) is 2.16. The minimum Gasteiger partial charge on any atom is -0.263 e. The summed E-state index contributed by atoms with van der Waals surface area (Å²) in [7, 11) is 0. The van der Waals surface area contributed by atoms with Gasteiger partial charge in [0.1, 0.15) is 11.6 Å². The second-order valence-corrected chi connectivity index (χ2v) is 3.65.